The Labute approximate surface area is 213 Å². The Balaban J connectivity index is 1.37. The summed E-state index contributed by atoms with van der Waals surface area (Å²) in [6.45, 7) is 2.52. The van der Waals surface area contributed by atoms with Crippen LogP contribution in [0.5, 0.6) is 17.2 Å². The molecule has 6 rings (SSSR count). The summed E-state index contributed by atoms with van der Waals surface area (Å²) in [7, 11) is 1.61. The molecule has 2 aliphatic heterocycles. The van der Waals surface area contributed by atoms with Gasteiger partial charge in [-0.15, -0.1) is 11.3 Å². The average Bonchev–Trinajstić information content (AvgIpc) is 3.53. The second kappa shape index (κ2) is 9.79. The zero-order chi connectivity index (χ0) is 24.5. The molecule has 1 unspecified atom stereocenters. The number of benzene rings is 3. The number of para-hydroxylation sites is 1. The molecule has 2 aliphatic rings. The van der Waals surface area contributed by atoms with Gasteiger partial charge in [-0.1, -0.05) is 12.1 Å². The minimum absolute atomic E-state index is 0.0244. The van der Waals surface area contributed by atoms with Crippen LogP contribution in [0.1, 0.15) is 22.3 Å². The first kappa shape index (κ1) is 22.8. The molecule has 4 aromatic rings. The van der Waals surface area contributed by atoms with Crippen molar-refractivity contribution in [1.82, 2.24) is 9.88 Å². The van der Waals surface area contributed by atoms with E-state index in [2.05, 4.69) is 12.1 Å². The molecule has 0 bridgehead atoms. The van der Waals surface area contributed by atoms with Crippen LogP contribution in [0.25, 0.3) is 20.8 Å². The largest absolute Gasteiger partial charge is 0.497 e. The van der Waals surface area contributed by atoms with Crippen LogP contribution >= 0.6 is 11.3 Å². The number of ether oxygens (including phenoxy) is 4. The lowest BCUT2D eigenvalue weighted by atomic mass is 10.1. The van der Waals surface area contributed by atoms with Gasteiger partial charge < -0.3 is 23.8 Å². The number of amides is 1. The van der Waals surface area contributed by atoms with E-state index in [1.807, 2.05) is 29.2 Å². The molecule has 0 saturated carbocycles. The van der Waals surface area contributed by atoms with E-state index in [9.17, 15) is 4.79 Å². The van der Waals surface area contributed by atoms with E-state index in [4.69, 9.17) is 23.9 Å². The molecule has 1 fully saturated rings. The number of carbonyl (C=O) groups excluding carboxylic acids is 1. The van der Waals surface area contributed by atoms with Crippen LogP contribution in [0.2, 0.25) is 0 Å². The van der Waals surface area contributed by atoms with Gasteiger partial charge in [0.15, 0.2) is 11.5 Å². The lowest BCUT2D eigenvalue weighted by molar-refractivity contribution is 0.0732. The van der Waals surface area contributed by atoms with Crippen LogP contribution in [-0.2, 0) is 11.3 Å². The minimum atomic E-state index is -0.0499. The Morgan fingerprint density at radius 1 is 1.11 bits per heavy atom. The SMILES string of the molecule is COc1ccc(C(=O)N2CCOc3c(cc(-c4nc5ccccc5s4)cc3OC3CCOC3)C2)cc1. The molecule has 184 valence electrons. The van der Waals surface area contributed by atoms with Gasteiger partial charge in [-0.05, 0) is 48.5 Å². The number of hydrogen-bond acceptors (Lipinski definition) is 7. The van der Waals surface area contributed by atoms with Crippen molar-refractivity contribution < 1.29 is 23.7 Å². The van der Waals surface area contributed by atoms with E-state index >= 15 is 0 Å². The van der Waals surface area contributed by atoms with Crippen LogP contribution in [0.4, 0.5) is 0 Å². The number of carbonyl (C=O) groups is 1. The van der Waals surface area contributed by atoms with E-state index < -0.39 is 0 Å². The Morgan fingerprint density at radius 2 is 1.97 bits per heavy atom. The lowest BCUT2D eigenvalue weighted by Crippen LogP contribution is -2.32. The molecular formula is C28H26N2O5S. The third-order valence-corrected chi connectivity index (χ3v) is 7.53. The summed E-state index contributed by atoms with van der Waals surface area (Å²) in [6, 6.07) is 19.4. The molecule has 0 aliphatic carbocycles. The summed E-state index contributed by atoms with van der Waals surface area (Å²) in [6.07, 6.45) is 0.811. The normalized spacial score (nSPS) is 17.4. The molecule has 3 aromatic carbocycles. The van der Waals surface area contributed by atoms with Crippen molar-refractivity contribution >= 4 is 27.5 Å². The van der Waals surface area contributed by atoms with Crippen LogP contribution < -0.4 is 14.2 Å². The van der Waals surface area contributed by atoms with Gasteiger partial charge in [-0.3, -0.25) is 4.79 Å². The highest BCUT2D eigenvalue weighted by Crippen LogP contribution is 2.41. The lowest BCUT2D eigenvalue weighted by Gasteiger charge is -2.21. The molecule has 0 N–H and O–H groups in total. The van der Waals surface area contributed by atoms with E-state index in [0.717, 1.165) is 32.8 Å². The van der Waals surface area contributed by atoms with Crippen molar-refractivity contribution in [1.29, 1.82) is 0 Å². The fraction of sp³-hybridized carbons (Fsp3) is 0.286. The summed E-state index contributed by atoms with van der Waals surface area (Å²) in [4.78, 5) is 20.0. The fourth-order valence-corrected chi connectivity index (χ4v) is 5.52. The Bertz CT molecular complexity index is 1360. The van der Waals surface area contributed by atoms with Crippen molar-refractivity contribution in [3.63, 3.8) is 0 Å². The van der Waals surface area contributed by atoms with Gasteiger partial charge in [0.25, 0.3) is 5.91 Å². The quantitative estimate of drug-likeness (QED) is 0.375. The van der Waals surface area contributed by atoms with Gasteiger partial charge in [-0.2, -0.15) is 0 Å². The molecule has 1 aromatic heterocycles. The highest BCUT2D eigenvalue weighted by molar-refractivity contribution is 7.21. The molecule has 3 heterocycles. The maximum atomic E-state index is 13.4. The van der Waals surface area contributed by atoms with Crippen molar-refractivity contribution in [2.45, 2.75) is 19.1 Å². The predicted octanol–water partition coefficient (Wildman–Crippen LogP) is 5.17. The van der Waals surface area contributed by atoms with Gasteiger partial charge in [0.2, 0.25) is 0 Å². The minimum Gasteiger partial charge on any atom is -0.497 e. The summed E-state index contributed by atoms with van der Waals surface area (Å²) in [5, 5.41) is 0.906. The van der Waals surface area contributed by atoms with E-state index in [0.29, 0.717) is 55.7 Å². The Morgan fingerprint density at radius 3 is 2.75 bits per heavy atom. The van der Waals surface area contributed by atoms with Gasteiger partial charge >= 0.3 is 0 Å². The summed E-state index contributed by atoms with van der Waals surface area (Å²) >= 11 is 1.64. The first-order chi connectivity index (χ1) is 17.7. The van der Waals surface area contributed by atoms with Crippen LogP contribution in [0, 0.1) is 0 Å². The zero-order valence-electron chi connectivity index (χ0n) is 19.9. The third kappa shape index (κ3) is 4.50. The van der Waals surface area contributed by atoms with Gasteiger partial charge in [0.05, 0.1) is 37.1 Å². The topological polar surface area (TPSA) is 70.1 Å². The van der Waals surface area contributed by atoms with Gasteiger partial charge in [0.1, 0.15) is 23.5 Å². The van der Waals surface area contributed by atoms with E-state index in [1.165, 1.54) is 0 Å². The monoisotopic (exact) mass is 502 g/mol. The maximum absolute atomic E-state index is 13.4. The van der Waals surface area contributed by atoms with Crippen LogP contribution in [0.15, 0.2) is 60.7 Å². The first-order valence-corrected chi connectivity index (χ1v) is 12.8. The Kier molecular flexibility index (Phi) is 6.21. The van der Waals surface area contributed by atoms with E-state index in [1.54, 1.807) is 42.7 Å². The second-order valence-electron chi connectivity index (χ2n) is 8.86. The molecule has 1 saturated heterocycles. The number of thiazole rings is 1. The average molecular weight is 503 g/mol. The van der Waals surface area contributed by atoms with Crippen molar-refractivity contribution in [2.75, 3.05) is 33.5 Å². The Hall–Kier alpha value is -3.62. The molecular weight excluding hydrogens is 476 g/mol. The summed E-state index contributed by atoms with van der Waals surface area (Å²) < 4.78 is 24.5. The summed E-state index contributed by atoms with van der Waals surface area (Å²) in [5.74, 6) is 2.04. The van der Waals surface area contributed by atoms with Crippen molar-refractivity contribution in [2.24, 2.45) is 0 Å². The highest BCUT2D eigenvalue weighted by Gasteiger charge is 2.27. The smallest absolute Gasteiger partial charge is 0.254 e. The molecule has 1 atom stereocenters. The van der Waals surface area contributed by atoms with Crippen LogP contribution in [0.3, 0.4) is 0 Å². The molecule has 7 nitrogen and oxygen atoms in total. The third-order valence-electron chi connectivity index (χ3n) is 6.45. The number of aromatic nitrogens is 1. The standard InChI is InChI=1S/C28H26N2O5S/c1-32-21-8-6-18(7-9-21)28(31)30-11-13-34-26-20(16-30)14-19(15-24(26)35-22-10-12-33-17-22)27-29-23-4-2-3-5-25(23)36-27/h2-9,14-15,22H,10-13,16-17H2,1H3. The molecule has 8 heteroatoms. The number of rotatable bonds is 5. The number of fused-ring (bicyclic) bond motifs is 2. The van der Waals surface area contributed by atoms with Gasteiger partial charge in [-0.25, -0.2) is 4.98 Å². The number of methoxy groups -OCH3 is 1. The zero-order valence-corrected chi connectivity index (χ0v) is 20.8. The molecule has 36 heavy (non-hydrogen) atoms. The second-order valence-corrected chi connectivity index (χ2v) is 9.89. The van der Waals surface area contributed by atoms with E-state index in [-0.39, 0.29) is 12.0 Å². The number of nitrogens with zero attached hydrogens (tertiary/aromatic N) is 2. The van der Waals surface area contributed by atoms with Crippen LogP contribution in [-0.4, -0.2) is 55.4 Å². The maximum Gasteiger partial charge on any atom is 0.254 e. The molecule has 0 radical (unpaired) electrons. The number of hydrogen-bond donors (Lipinski definition) is 0. The molecule has 1 amide bonds. The first-order valence-electron chi connectivity index (χ1n) is 12.0. The fourth-order valence-electron chi connectivity index (χ4n) is 4.57. The van der Waals surface area contributed by atoms with Crippen molar-refractivity contribution in [3.05, 3.63) is 71.8 Å². The highest BCUT2D eigenvalue weighted by atomic mass is 32.1. The van der Waals surface area contributed by atoms with Gasteiger partial charge in [0, 0.05) is 29.7 Å². The molecule has 0 spiro atoms. The predicted molar refractivity (Wildman–Crippen MR) is 138 cm³/mol. The summed E-state index contributed by atoms with van der Waals surface area (Å²) in [5.41, 5.74) is 3.43. The van der Waals surface area contributed by atoms with Crippen molar-refractivity contribution in [3.8, 4) is 27.8 Å².